The average Bonchev–Trinajstić information content (AvgIpc) is 2.54. The second-order valence-corrected chi connectivity index (χ2v) is 8.20. The summed E-state index contributed by atoms with van der Waals surface area (Å²) in [7, 11) is 0. The summed E-state index contributed by atoms with van der Waals surface area (Å²) in [6.07, 6.45) is 1.31. The van der Waals surface area contributed by atoms with Crippen molar-refractivity contribution >= 4 is 0 Å². The van der Waals surface area contributed by atoms with Crippen LogP contribution >= 0.6 is 0 Å². The Kier molecular flexibility index (Phi) is 2.01. The number of hydrogen-bond acceptors (Lipinski definition) is 3. The van der Waals surface area contributed by atoms with Crippen molar-refractivity contribution in [3.63, 3.8) is 0 Å². The third-order valence-electron chi connectivity index (χ3n) is 4.83. The minimum atomic E-state index is 0.242. The molecule has 4 unspecified atom stereocenters. The van der Waals surface area contributed by atoms with Gasteiger partial charge < -0.3 is 0 Å². The maximum atomic E-state index is 4.61. The average molecular weight is 235 g/mol. The Balaban J connectivity index is 2.02. The lowest BCUT2D eigenvalue weighted by molar-refractivity contribution is 0.0289. The highest BCUT2D eigenvalue weighted by atomic mass is 15.4. The van der Waals surface area contributed by atoms with E-state index in [4.69, 9.17) is 0 Å². The molecule has 1 saturated heterocycles. The third-order valence-corrected chi connectivity index (χ3v) is 4.83. The van der Waals surface area contributed by atoms with Crippen molar-refractivity contribution in [2.75, 3.05) is 6.54 Å². The number of nitrogens with zero attached hydrogens (tertiary/aromatic N) is 3. The van der Waals surface area contributed by atoms with Crippen LogP contribution in [0.25, 0.3) is 0 Å². The van der Waals surface area contributed by atoms with Crippen LogP contribution in [0.4, 0.5) is 0 Å². The van der Waals surface area contributed by atoms with E-state index in [0.29, 0.717) is 17.5 Å². The molecule has 2 aliphatic heterocycles. The highest BCUT2D eigenvalue weighted by molar-refractivity contribution is 5.29. The van der Waals surface area contributed by atoms with Gasteiger partial charge in [-0.05, 0) is 32.6 Å². The number of rotatable bonds is 0. The SMILES string of the molecule is CC(C)(C)C1C2N=NCC23CC3N1C(C)(C)C. The molecule has 17 heavy (non-hydrogen) atoms. The molecule has 2 heterocycles. The lowest BCUT2D eigenvalue weighted by atomic mass is 9.78. The van der Waals surface area contributed by atoms with Gasteiger partial charge in [-0.15, -0.1) is 0 Å². The smallest absolute Gasteiger partial charge is 0.0958 e. The molecule has 0 amide bonds. The molecule has 0 N–H and O–H groups in total. The van der Waals surface area contributed by atoms with Gasteiger partial charge in [-0.25, -0.2) is 0 Å². The first-order chi connectivity index (χ1) is 7.68. The first-order valence-corrected chi connectivity index (χ1v) is 6.83. The van der Waals surface area contributed by atoms with Crippen LogP contribution in [0.15, 0.2) is 10.2 Å². The molecule has 96 valence electrons. The third kappa shape index (κ3) is 1.38. The van der Waals surface area contributed by atoms with Gasteiger partial charge in [-0.3, -0.25) is 4.90 Å². The van der Waals surface area contributed by atoms with Crippen LogP contribution in [-0.4, -0.2) is 35.1 Å². The van der Waals surface area contributed by atoms with E-state index in [0.717, 1.165) is 12.6 Å². The molecule has 2 fully saturated rings. The molecular weight excluding hydrogens is 210 g/mol. The van der Waals surface area contributed by atoms with Gasteiger partial charge in [-0.2, -0.15) is 10.2 Å². The predicted molar refractivity (Wildman–Crippen MR) is 69.2 cm³/mol. The number of piperidine rings is 1. The summed E-state index contributed by atoms with van der Waals surface area (Å²) in [5, 5.41) is 8.97. The van der Waals surface area contributed by atoms with Crippen molar-refractivity contribution in [1.82, 2.24) is 4.90 Å². The van der Waals surface area contributed by atoms with E-state index in [9.17, 15) is 0 Å². The topological polar surface area (TPSA) is 28.0 Å². The quantitative estimate of drug-likeness (QED) is 0.634. The lowest BCUT2D eigenvalue weighted by Crippen LogP contribution is -2.54. The minimum Gasteiger partial charge on any atom is -0.289 e. The fourth-order valence-corrected chi connectivity index (χ4v) is 4.13. The van der Waals surface area contributed by atoms with Gasteiger partial charge in [0, 0.05) is 23.0 Å². The fourth-order valence-electron chi connectivity index (χ4n) is 4.13. The molecule has 3 aliphatic rings. The molecule has 3 rings (SSSR count). The van der Waals surface area contributed by atoms with Crippen molar-refractivity contribution in [3.05, 3.63) is 0 Å². The zero-order valence-electron chi connectivity index (χ0n) is 12.0. The standard InChI is InChI=1S/C14H25N3/c1-12(2,3)11-10-14(8-15-16-10)7-9(14)17(11)13(4,5)6/h9-11H,7-8H2,1-6H3. The Morgan fingerprint density at radius 2 is 1.76 bits per heavy atom. The molecule has 0 aromatic rings. The Labute approximate surface area is 105 Å². The van der Waals surface area contributed by atoms with Crippen LogP contribution in [-0.2, 0) is 0 Å². The first-order valence-electron chi connectivity index (χ1n) is 6.83. The molecule has 0 aromatic heterocycles. The highest BCUT2D eigenvalue weighted by Crippen LogP contribution is 2.66. The Hall–Kier alpha value is -0.440. The van der Waals surface area contributed by atoms with E-state index in [2.05, 4.69) is 56.7 Å². The second kappa shape index (κ2) is 2.93. The largest absolute Gasteiger partial charge is 0.289 e. The summed E-state index contributed by atoms with van der Waals surface area (Å²) in [4.78, 5) is 2.75. The summed E-state index contributed by atoms with van der Waals surface area (Å²) in [5.74, 6) is 0. The summed E-state index contributed by atoms with van der Waals surface area (Å²) in [5.41, 5.74) is 0.943. The zero-order chi connectivity index (χ0) is 12.6. The molecule has 1 spiro atoms. The van der Waals surface area contributed by atoms with E-state index < -0.39 is 0 Å². The number of hydrogen-bond donors (Lipinski definition) is 0. The minimum absolute atomic E-state index is 0.242. The van der Waals surface area contributed by atoms with Gasteiger partial charge in [0.05, 0.1) is 12.6 Å². The molecule has 4 atom stereocenters. The Morgan fingerprint density at radius 3 is 2.29 bits per heavy atom. The van der Waals surface area contributed by atoms with Crippen LogP contribution in [0.2, 0.25) is 0 Å². The van der Waals surface area contributed by atoms with E-state index in [-0.39, 0.29) is 11.0 Å². The monoisotopic (exact) mass is 235 g/mol. The molecule has 3 nitrogen and oxygen atoms in total. The maximum absolute atomic E-state index is 4.61. The van der Waals surface area contributed by atoms with Gasteiger partial charge in [0.2, 0.25) is 0 Å². The summed E-state index contributed by atoms with van der Waals surface area (Å²) in [6, 6.07) is 1.73. The van der Waals surface area contributed by atoms with Crippen LogP contribution in [0.3, 0.4) is 0 Å². The molecule has 0 radical (unpaired) electrons. The van der Waals surface area contributed by atoms with Crippen molar-refractivity contribution in [1.29, 1.82) is 0 Å². The second-order valence-electron chi connectivity index (χ2n) is 8.20. The Bertz CT molecular complexity index is 374. The van der Waals surface area contributed by atoms with Gasteiger partial charge in [0.25, 0.3) is 0 Å². The van der Waals surface area contributed by atoms with Crippen molar-refractivity contribution in [2.45, 2.75) is 71.6 Å². The van der Waals surface area contributed by atoms with E-state index >= 15 is 0 Å². The van der Waals surface area contributed by atoms with Gasteiger partial charge >= 0.3 is 0 Å². The van der Waals surface area contributed by atoms with Gasteiger partial charge in [0.15, 0.2) is 0 Å². The molecular formula is C14H25N3. The Morgan fingerprint density at radius 1 is 1.12 bits per heavy atom. The molecule has 0 aromatic carbocycles. The maximum Gasteiger partial charge on any atom is 0.0958 e. The number of azo groups is 1. The van der Waals surface area contributed by atoms with E-state index in [1.165, 1.54) is 6.42 Å². The number of likely N-dealkylation sites (tertiary alicyclic amines) is 1. The summed E-state index contributed by atoms with van der Waals surface area (Å²) >= 11 is 0. The normalized spacial score (nSPS) is 44.9. The molecule has 1 aliphatic carbocycles. The fraction of sp³-hybridized carbons (Fsp3) is 1.00. The summed E-state index contributed by atoms with van der Waals surface area (Å²) in [6.45, 7) is 15.1. The van der Waals surface area contributed by atoms with Gasteiger partial charge in [-0.1, -0.05) is 20.8 Å². The highest BCUT2D eigenvalue weighted by Gasteiger charge is 2.75. The van der Waals surface area contributed by atoms with Crippen molar-refractivity contribution in [2.24, 2.45) is 21.1 Å². The van der Waals surface area contributed by atoms with E-state index in [1.807, 2.05) is 0 Å². The lowest BCUT2D eigenvalue weighted by Gasteiger charge is -2.46. The molecule has 3 heteroatoms. The summed E-state index contributed by atoms with van der Waals surface area (Å²) < 4.78 is 0. The molecule has 1 saturated carbocycles. The van der Waals surface area contributed by atoms with Crippen LogP contribution in [0.1, 0.15) is 48.0 Å². The van der Waals surface area contributed by atoms with Crippen molar-refractivity contribution < 1.29 is 0 Å². The predicted octanol–water partition coefficient (Wildman–Crippen LogP) is 3.11. The van der Waals surface area contributed by atoms with Gasteiger partial charge in [0.1, 0.15) is 0 Å². The van der Waals surface area contributed by atoms with Crippen LogP contribution < -0.4 is 0 Å². The van der Waals surface area contributed by atoms with Crippen molar-refractivity contribution in [3.8, 4) is 0 Å². The zero-order valence-corrected chi connectivity index (χ0v) is 12.0. The van der Waals surface area contributed by atoms with E-state index in [1.54, 1.807) is 0 Å². The van der Waals surface area contributed by atoms with Crippen LogP contribution in [0.5, 0.6) is 0 Å². The first kappa shape index (κ1) is 11.6. The van der Waals surface area contributed by atoms with Crippen LogP contribution in [0, 0.1) is 10.8 Å². The molecule has 0 bridgehead atoms.